The molecular formula is C30H36ClN3O4S. The number of amides is 2. The van der Waals surface area contributed by atoms with Crippen molar-refractivity contribution in [3.05, 3.63) is 95.0 Å². The summed E-state index contributed by atoms with van der Waals surface area (Å²) in [5.41, 5.74) is 1.78. The standard InChI is InChI=1S/C30H36ClN3O4S/c1-5-27(30(36)32-19-22(2)3)33(20-24-12-8-6-9-13-24)29(35)21-34(28-17-16-25(31)18-23(28)4)39(37,38)26-14-10-7-11-15-26/h6-18,22,27H,5,19-21H2,1-4H3,(H,32,36). The van der Waals surface area contributed by atoms with Crippen LogP contribution < -0.4 is 9.62 Å². The van der Waals surface area contributed by atoms with E-state index in [1.165, 1.54) is 17.0 Å². The van der Waals surface area contributed by atoms with E-state index in [-0.39, 0.29) is 23.3 Å². The number of anilines is 1. The molecule has 3 aromatic rings. The van der Waals surface area contributed by atoms with Gasteiger partial charge >= 0.3 is 0 Å². The van der Waals surface area contributed by atoms with Gasteiger partial charge in [0.05, 0.1) is 10.6 Å². The second-order valence-electron chi connectivity index (χ2n) is 9.83. The number of benzene rings is 3. The Morgan fingerprint density at radius 2 is 1.56 bits per heavy atom. The highest BCUT2D eigenvalue weighted by molar-refractivity contribution is 7.92. The predicted molar refractivity (Wildman–Crippen MR) is 156 cm³/mol. The highest BCUT2D eigenvalue weighted by atomic mass is 35.5. The molecule has 0 heterocycles. The Hall–Kier alpha value is -3.36. The van der Waals surface area contributed by atoms with Crippen LogP contribution in [0.4, 0.5) is 5.69 Å². The Kier molecular flexibility index (Phi) is 10.5. The third kappa shape index (κ3) is 7.83. The zero-order valence-electron chi connectivity index (χ0n) is 22.8. The van der Waals surface area contributed by atoms with E-state index in [1.54, 1.807) is 43.3 Å². The van der Waals surface area contributed by atoms with Crippen LogP contribution in [0.3, 0.4) is 0 Å². The molecular weight excluding hydrogens is 534 g/mol. The zero-order chi connectivity index (χ0) is 28.6. The summed E-state index contributed by atoms with van der Waals surface area (Å²) in [6.07, 6.45) is 0.369. The minimum Gasteiger partial charge on any atom is -0.354 e. The fourth-order valence-electron chi connectivity index (χ4n) is 4.25. The first-order valence-corrected chi connectivity index (χ1v) is 14.8. The van der Waals surface area contributed by atoms with E-state index in [0.717, 1.165) is 9.87 Å². The summed E-state index contributed by atoms with van der Waals surface area (Å²) in [6, 6.07) is 21.4. The molecule has 3 aromatic carbocycles. The largest absolute Gasteiger partial charge is 0.354 e. The number of nitrogens with one attached hydrogen (secondary N) is 1. The molecule has 3 rings (SSSR count). The van der Waals surface area contributed by atoms with Crippen LogP contribution in [0.1, 0.15) is 38.3 Å². The smallest absolute Gasteiger partial charge is 0.264 e. The lowest BCUT2D eigenvalue weighted by atomic mass is 10.1. The van der Waals surface area contributed by atoms with Gasteiger partial charge < -0.3 is 10.2 Å². The summed E-state index contributed by atoms with van der Waals surface area (Å²) < 4.78 is 28.9. The molecule has 0 aliphatic rings. The molecule has 39 heavy (non-hydrogen) atoms. The normalized spacial score (nSPS) is 12.2. The molecule has 0 aromatic heterocycles. The van der Waals surface area contributed by atoms with E-state index in [0.29, 0.717) is 29.2 Å². The van der Waals surface area contributed by atoms with Crippen LogP contribution >= 0.6 is 11.6 Å². The molecule has 0 aliphatic carbocycles. The van der Waals surface area contributed by atoms with Gasteiger partial charge in [0.1, 0.15) is 12.6 Å². The summed E-state index contributed by atoms with van der Waals surface area (Å²) in [5.74, 6) is -0.515. The van der Waals surface area contributed by atoms with Crippen molar-refractivity contribution in [3.63, 3.8) is 0 Å². The first kappa shape index (κ1) is 30.2. The van der Waals surface area contributed by atoms with E-state index in [1.807, 2.05) is 51.1 Å². The Morgan fingerprint density at radius 3 is 2.13 bits per heavy atom. The van der Waals surface area contributed by atoms with Crippen LogP contribution in [-0.2, 0) is 26.2 Å². The highest BCUT2D eigenvalue weighted by Gasteiger charge is 2.34. The number of hydrogen-bond donors (Lipinski definition) is 1. The minimum absolute atomic E-state index is 0.0588. The van der Waals surface area contributed by atoms with E-state index >= 15 is 0 Å². The molecule has 0 aliphatic heterocycles. The molecule has 1 unspecified atom stereocenters. The molecule has 7 nitrogen and oxygen atoms in total. The van der Waals surface area contributed by atoms with E-state index in [4.69, 9.17) is 11.6 Å². The fraction of sp³-hybridized carbons (Fsp3) is 0.333. The second-order valence-corrected chi connectivity index (χ2v) is 12.1. The van der Waals surface area contributed by atoms with Crippen LogP contribution in [0.25, 0.3) is 0 Å². The van der Waals surface area contributed by atoms with Gasteiger partial charge in [-0.3, -0.25) is 13.9 Å². The molecule has 0 saturated heterocycles. The molecule has 0 fully saturated rings. The molecule has 9 heteroatoms. The van der Waals surface area contributed by atoms with Gasteiger partial charge in [-0.15, -0.1) is 0 Å². The molecule has 0 radical (unpaired) electrons. The van der Waals surface area contributed by atoms with Crippen molar-refractivity contribution in [2.45, 2.75) is 51.6 Å². The van der Waals surface area contributed by atoms with Gasteiger partial charge in [0, 0.05) is 18.1 Å². The Balaban J connectivity index is 2.05. The van der Waals surface area contributed by atoms with Crippen molar-refractivity contribution in [2.75, 3.05) is 17.4 Å². The number of aryl methyl sites for hydroxylation is 1. The molecule has 0 saturated carbocycles. The fourth-order valence-corrected chi connectivity index (χ4v) is 5.98. The van der Waals surface area contributed by atoms with Crippen LogP contribution in [0, 0.1) is 12.8 Å². The molecule has 0 bridgehead atoms. The monoisotopic (exact) mass is 569 g/mol. The van der Waals surface area contributed by atoms with E-state index in [9.17, 15) is 18.0 Å². The molecule has 1 atom stereocenters. The van der Waals surface area contributed by atoms with E-state index < -0.39 is 28.5 Å². The number of hydrogen-bond acceptors (Lipinski definition) is 4. The van der Waals surface area contributed by atoms with Crippen LogP contribution in [0.2, 0.25) is 5.02 Å². The zero-order valence-corrected chi connectivity index (χ0v) is 24.4. The quantitative estimate of drug-likeness (QED) is 0.315. The lowest BCUT2D eigenvalue weighted by molar-refractivity contribution is -0.140. The van der Waals surface area contributed by atoms with Gasteiger partial charge in [0.25, 0.3) is 10.0 Å². The second kappa shape index (κ2) is 13.6. The number of carbonyl (C=O) groups is 2. The lowest BCUT2D eigenvalue weighted by Gasteiger charge is -2.33. The van der Waals surface area contributed by atoms with Crippen molar-refractivity contribution in [1.82, 2.24) is 10.2 Å². The van der Waals surface area contributed by atoms with Crippen molar-refractivity contribution in [3.8, 4) is 0 Å². The van der Waals surface area contributed by atoms with Gasteiger partial charge in [-0.2, -0.15) is 0 Å². The number of halogens is 1. The van der Waals surface area contributed by atoms with Gasteiger partial charge in [0.2, 0.25) is 11.8 Å². The first-order chi connectivity index (χ1) is 18.5. The van der Waals surface area contributed by atoms with Gasteiger partial charge in [-0.25, -0.2) is 8.42 Å². The Bertz CT molecular complexity index is 1370. The SMILES string of the molecule is CCC(C(=O)NCC(C)C)N(Cc1ccccc1)C(=O)CN(c1ccc(Cl)cc1C)S(=O)(=O)c1ccccc1. The number of sulfonamides is 1. The summed E-state index contributed by atoms with van der Waals surface area (Å²) in [6.45, 7) is 7.72. The van der Waals surface area contributed by atoms with Crippen molar-refractivity contribution in [2.24, 2.45) is 5.92 Å². The maximum Gasteiger partial charge on any atom is 0.264 e. The van der Waals surface area contributed by atoms with Crippen LogP contribution in [0.15, 0.2) is 83.8 Å². The molecule has 0 spiro atoms. The average Bonchev–Trinajstić information content (AvgIpc) is 2.91. The summed E-state index contributed by atoms with van der Waals surface area (Å²) in [7, 11) is -4.12. The average molecular weight is 570 g/mol. The minimum atomic E-state index is -4.12. The maximum absolute atomic E-state index is 14.0. The Morgan fingerprint density at radius 1 is 0.949 bits per heavy atom. The number of nitrogens with zero attached hydrogens (tertiary/aromatic N) is 2. The summed E-state index contributed by atoms with van der Waals surface area (Å²) in [4.78, 5) is 28.8. The Labute approximate surface area is 236 Å². The maximum atomic E-state index is 14.0. The topological polar surface area (TPSA) is 86.8 Å². The molecule has 1 N–H and O–H groups in total. The van der Waals surface area contributed by atoms with Crippen molar-refractivity contribution >= 4 is 39.1 Å². The van der Waals surface area contributed by atoms with Crippen LogP contribution in [-0.4, -0.2) is 44.3 Å². The lowest BCUT2D eigenvalue weighted by Crippen LogP contribution is -2.52. The highest BCUT2D eigenvalue weighted by Crippen LogP contribution is 2.29. The van der Waals surface area contributed by atoms with Crippen molar-refractivity contribution < 1.29 is 18.0 Å². The predicted octanol–water partition coefficient (Wildman–Crippen LogP) is 5.42. The van der Waals surface area contributed by atoms with Gasteiger partial charge in [-0.05, 0) is 60.7 Å². The summed E-state index contributed by atoms with van der Waals surface area (Å²) >= 11 is 6.16. The third-order valence-corrected chi connectivity index (χ3v) is 8.31. The molecule has 208 valence electrons. The summed E-state index contributed by atoms with van der Waals surface area (Å²) in [5, 5.41) is 3.39. The van der Waals surface area contributed by atoms with Crippen LogP contribution in [0.5, 0.6) is 0 Å². The number of rotatable bonds is 12. The third-order valence-electron chi connectivity index (χ3n) is 6.30. The first-order valence-electron chi connectivity index (χ1n) is 13.0. The van der Waals surface area contributed by atoms with E-state index in [2.05, 4.69) is 5.32 Å². The van der Waals surface area contributed by atoms with Gasteiger partial charge in [0.15, 0.2) is 0 Å². The molecule has 2 amide bonds. The van der Waals surface area contributed by atoms with Crippen molar-refractivity contribution in [1.29, 1.82) is 0 Å². The van der Waals surface area contributed by atoms with Gasteiger partial charge in [-0.1, -0.05) is 80.9 Å². The number of carbonyl (C=O) groups excluding carboxylic acids is 2.